The molecule has 0 atom stereocenters. The minimum atomic E-state index is 0.234. The van der Waals surface area contributed by atoms with Gasteiger partial charge < -0.3 is 14.7 Å². The zero-order chi connectivity index (χ0) is 11.5. The van der Waals surface area contributed by atoms with Crippen LogP contribution in [-0.4, -0.2) is 75.0 Å². The Hall–Kier alpha value is -0.160. The summed E-state index contributed by atoms with van der Waals surface area (Å²) in [7, 11) is 4.08. The van der Waals surface area contributed by atoms with E-state index in [9.17, 15) is 0 Å². The Labute approximate surface area is 93.8 Å². The molecule has 0 aromatic carbocycles. The minimum absolute atomic E-state index is 0.234. The molecule has 0 saturated carbocycles. The van der Waals surface area contributed by atoms with Crippen molar-refractivity contribution >= 4 is 0 Å². The van der Waals surface area contributed by atoms with Crippen LogP contribution in [0.3, 0.4) is 0 Å². The summed E-state index contributed by atoms with van der Waals surface area (Å²) in [6, 6.07) is 0. The molecule has 0 unspecified atom stereocenters. The number of hydrogen-bond acceptors (Lipinski definition) is 4. The molecule has 15 heavy (non-hydrogen) atoms. The zero-order valence-corrected chi connectivity index (χ0v) is 10.4. The lowest BCUT2D eigenvalue weighted by atomic mass is 10.4. The molecule has 0 aromatic heterocycles. The first-order chi connectivity index (χ1) is 7.20. The van der Waals surface area contributed by atoms with Crippen molar-refractivity contribution in [1.29, 1.82) is 0 Å². The van der Waals surface area contributed by atoms with Crippen LogP contribution in [0, 0.1) is 0 Å². The second-order valence-electron chi connectivity index (χ2n) is 3.98. The van der Waals surface area contributed by atoms with E-state index in [-0.39, 0.29) is 6.61 Å². The van der Waals surface area contributed by atoms with Gasteiger partial charge in [0, 0.05) is 19.6 Å². The molecular weight excluding hydrogens is 192 g/mol. The summed E-state index contributed by atoms with van der Waals surface area (Å²) in [6.45, 7) is 7.60. The third-order valence-corrected chi connectivity index (χ3v) is 2.19. The van der Waals surface area contributed by atoms with Crippen molar-refractivity contribution in [2.24, 2.45) is 0 Å². The maximum Gasteiger partial charge on any atom is 0.0594 e. The summed E-state index contributed by atoms with van der Waals surface area (Å²) >= 11 is 0. The smallest absolute Gasteiger partial charge is 0.0594 e. The Kier molecular flexibility index (Phi) is 10.3. The van der Waals surface area contributed by atoms with Crippen molar-refractivity contribution in [2.75, 3.05) is 60.1 Å². The fourth-order valence-electron chi connectivity index (χ4n) is 1.34. The second kappa shape index (κ2) is 10.4. The van der Waals surface area contributed by atoms with Crippen molar-refractivity contribution in [2.45, 2.75) is 13.3 Å². The molecule has 0 amide bonds. The van der Waals surface area contributed by atoms with Crippen molar-refractivity contribution in [3.05, 3.63) is 0 Å². The predicted octanol–water partition coefficient (Wildman–Crippen LogP) is 0.269. The van der Waals surface area contributed by atoms with E-state index in [1.54, 1.807) is 0 Å². The van der Waals surface area contributed by atoms with E-state index < -0.39 is 0 Å². The van der Waals surface area contributed by atoms with Crippen LogP contribution in [0.15, 0.2) is 0 Å². The molecular formula is C11H26N2O2. The molecule has 0 aliphatic carbocycles. The van der Waals surface area contributed by atoms with Crippen molar-refractivity contribution in [3.8, 4) is 0 Å². The van der Waals surface area contributed by atoms with Crippen molar-refractivity contribution in [1.82, 2.24) is 9.80 Å². The predicted molar refractivity (Wildman–Crippen MR) is 63.2 cm³/mol. The molecule has 0 fully saturated rings. The standard InChI is InChI=1S/C11H26N2O2/c1-4-5-13(6-9-14)8-11-15-10-7-12(2)3/h14H,4-11H2,1-3H3. The fraction of sp³-hybridized carbons (Fsp3) is 1.00. The highest BCUT2D eigenvalue weighted by atomic mass is 16.5. The number of likely N-dealkylation sites (N-methyl/N-ethyl adjacent to an activating group) is 1. The molecule has 0 heterocycles. The monoisotopic (exact) mass is 218 g/mol. The van der Waals surface area contributed by atoms with E-state index in [2.05, 4.69) is 16.7 Å². The molecule has 0 aromatic rings. The molecule has 0 rings (SSSR count). The largest absolute Gasteiger partial charge is 0.395 e. The Morgan fingerprint density at radius 2 is 1.67 bits per heavy atom. The first-order valence-corrected chi connectivity index (χ1v) is 5.76. The second-order valence-corrected chi connectivity index (χ2v) is 3.98. The van der Waals surface area contributed by atoms with Gasteiger partial charge in [-0.1, -0.05) is 6.92 Å². The molecule has 0 radical (unpaired) electrons. The normalized spacial score (nSPS) is 11.6. The maximum atomic E-state index is 8.85. The minimum Gasteiger partial charge on any atom is -0.395 e. The Bertz CT molecular complexity index is 126. The summed E-state index contributed by atoms with van der Waals surface area (Å²) in [5.74, 6) is 0. The number of ether oxygens (including phenoxy) is 1. The van der Waals surface area contributed by atoms with E-state index >= 15 is 0 Å². The van der Waals surface area contributed by atoms with Crippen LogP contribution in [-0.2, 0) is 4.74 Å². The summed E-state index contributed by atoms with van der Waals surface area (Å²) in [4.78, 5) is 4.34. The molecule has 0 aliphatic rings. The van der Waals surface area contributed by atoms with Crippen LogP contribution in [0.1, 0.15) is 13.3 Å². The topological polar surface area (TPSA) is 35.9 Å². The van der Waals surface area contributed by atoms with Gasteiger partial charge in [-0.15, -0.1) is 0 Å². The molecule has 92 valence electrons. The van der Waals surface area contributed by atoms with E-state index in [1.165, 1.54) is 0 Å². The highest BCUT2D eigenvalue weighted by Crippen LogP contribution is 1.91. The van der Waals surface area contributed by atoms with Gasteiger partial charge in [-0.2, -0.15) is 0 Å². The van der Waals surface area contributed by atoms with Gasteiger partial charge in [-0.3, -0.25) is 4.90 Å². The lowest BCUT2D eigenvalue weighted by molar-refractivity contribution is 0.0861. The van der Waals surface area contributed by atoms with Gasteiger partial charge in [0.1, 0.15) is 0 Å². The van der Waals surface area contributed by atoms with Crippen molar-refractivity contribution < 1.29 is 9.84 Å². The summed E-state index contributed by atoms with van der Waals surface area (Å²) in [5.41, 5.74) is 0. The van der Waals surface area contributed by atoms with E-state index in [4.69, 9.17) is 9.84 Å². The first kappa shape index (κ1) is 14.8. The summed E-state index contributed by atoms with van der Waals surface area (Å²) < 4.78 is 5.50. The van der Waals surface area contributed by atoms with Gasteiger partial charge in [-0.05, 0) is 27.1 Å². The Morgan fingerprint density at radius 1 is 1.00 bits per heavy atom. The van der Waals surface area contributed by atoms with E-state index in [0.29, 0.717) is 0 Å². The van der Waals surface area contributed by atoms with Crippen LogP contribution < -0.4 is 0 Å². The molecule has 0 bridgehead atoms. The van der Waals surface area contributed by atoms with E-state index in [1.807, 2.05) is 14.1 Å². The molecule has 1 N–H and O–H groups in total. The highest BCUT2D eigenvalue weighted by Gasteiger charge is 2.02. The van der Waals surface area contributed by atoms with Crippen LogP contribution in [0.2, 0.25) is 0 Å². The van der Waals surface area contributed by atoms with Gasteiger partial charge in [0.05, 0.1) is 19.8 Å². The van der Waals surface area contributed by atoms with Gasteiger partial charge in [-0.25, -0.2) is 0 Å². The molecule has 0 saturated heterocycles. The van der Waals surface area contributed by atoms with Crippen LogP contribution in [0.4, 0.5) is 0 Å². The van der Waals surface area contributed by atoms with E-state index in [0.717, 1.165) is 45.8 Å². The number of nitrogens with zero attached hydrogens (tertiary/aromatic N) is 2. The average Bonchev–Trinajstić information content (AvgIpc) is 2.17. The van der Waals surface area contributed by atoms with Crippen LogP contribution >= 0.6 is 0 Å². The first-order valence-electron chi connectivity index (χ1n) is 5.76. The Morgan fingerprint density at radius 3 is 2.20 bits per heavy atom. The third-order valence-electron chi connectivity index (χ3n) is 2.19. The highest BCUT2D eigenvalue weighted by molar-refractivity contribution is 4.55. The fourth-order valence-corrected chi connectivity index (χ4v) is 1.34. The van der Waals surface area contributed by atoms with Gasteiger partial charge in [0.15, 0.2) is 0 Å². The maximum absolute atomic E-state index is 8.85. The summed E-state index contributed by atoms with van der Waals surface area (Å²) in [5, 5.41) is 8.85. The lowest BCUT2D eigenvalue weighted by Gasteiger charge is -2.20. The quantitative estimate of drug-likeness (QED) is 0.534. The van der Waals surface area contributed by atoms with Crippen molar-refractivity contribution in [3.63, 3.8) is 0 Å². The summed E-state index contributed by atoms with van der Waals surface area (Å²) in [6.07, 6.45) is 1.12. The third kappa shape index (κ3) is 10.1. The number of rotatable bonds is 10. The number of aliphatic hydroxyl groups excluding tert-OH is 1. The van der Waals surface area contributed by atoms with Gasteiger partial charge >= 0.3 is 0 Å². The van der Waals surface area contributed by atoms with Gasteiger partial charge in [0.25, 0.3) is 0 Å². The average molecular weight is 218 g/mol. The SMILES string of the molecule is CCCN(CCO)CCOCCN(C)C. The molecule has 4 heteroatoms. The van der Waals surface area contributed by atoms with Gasteiger partial charge in [0.2, 0.25) is 0 Å². The Balaban J connectivity index is 3.36. The van der Waals surface area contributed by atoms with Crippen LogP contribution in [0.5, 0.6) is 0 Å². The molecule has 0 aliphatic heterocycles. The lowest BCUT2D eigenvalue weighted by Crippen LogP contribution is -2.31. The molecule has 0 spiro atoms. The number of hydrogen-bond donors (Lipinski definition) is 1. The molecule has 4 nitrogen and oxygen atoms in total. The zero-order valence-electron chi connectivity index (χ0n) is 10.4. The van der Waals surface area contributed by atoms with Crippen LogP contribution in [0.25, 0.3) is 0 Å². The number of aliphatic hydroxyl groups is 1.